The molecule has 2 aromatic rings. The van der Waals surface area contributed by atoms with E-state index in [-0.39, 0.29) is 6.03 Å². The van der Waals surface area contributed by atoms with Crippen molar-refractivity contribution in [1.29, 1.82) is 0 Å². The first-order valence-corrected chi connectivity index (χ1v) is 9.07. The Morgan fingerprint density at radius 2 is 1.84 bits per heavy atom. The third kappa shape index (κ3) is 5.21. The van der Waals surface area contributed by atoms with Crippen molar-refractivity contribution < 1.29 is 4.79 Å². The SMILES string of the molecule is Cc1cccc(NC(=O)N2CCN(CCc3cccc(Cl)c3)CC2)c1. The first-order valence-electron chi connectivity index (χ1n) is 8.69. The van der Waals surface area contributed by atoms with E-state index in [1.807, 2.05) is 54.3 Å². The number of halogens is 1. The van der Waals surface area contributed by atoms with Gasteiger partial charge in [-0.3, -0.25) is 4.90 Å². The minimum Gasteiger partial charge on any atom is -0.322 e. The molecule has 3 rings (SSSR count). The Hall–Kier alpha value is -2.04. The third-order valence-corrected chi connectivity index (χ3v) is 4.77. The first kappa shape index (κ1) is 17.8. The van der Waals surface area contributed by atoms with Gasteiger partial charge in [-0.1, -0.05) is 35.9 Å². The topological polar surface area (TPSA) is 35.6 Å². The molecule has 1 aliphatic rings. The highest BCUT2D eigenvalue weighted by atomic mass is 35.5. The molecule has 2 aromatic carbocycles. The van der Waals surface area contributed by atoms with Crippen LogP contribution in [0.25, 0.3) is 0 Å². The molecule has 0 aromatic heterocycles. The number of aryl methyl sites for hydroxylation is 1. The van der Waals surface area contributed by atoms with E-state index >= 15 is 0 Å². The highest BCUT2D eigenvalue weighted by Gasteiger charge is 2.20. The van der Waals surface area contributed by atoms with Gasteiger partial charge in [0, 0.05) is 43.4 Å². The van der Waals surface area contributed by atoms with Crippen LogP contribution in [0.2, 0.25) is 5.02 Å². The summed E-state index contributed by atoms with van der Waals surface area (Å²) in [5, 5.41) is 3.77. The maximum Gasteiger partial charge on any atom is 0.321 e. The number of amides is 2. The lowest BCUT2D eigenvalue weighted by Crippen LogP contribution is -2.50. The van der Waals surface area contributed by atoms with Gasteiger partial charge in [0.15, 0.2) is 0 Å². The van der Waals surface area contributed by atoms with E-state index < -0.39 is 0 Å². The van der Waals surface area contributed by atoms with Crippen molar-refractivity contribution in [1.82, 2.24) is 9.80 Å². The Bertz CT molecular complexity index is 726. The second kappa shape index (κ2) is 8.37. The molecule has 1 N–H and O–H groups in total. The summed E-state index contributed by atoms with van der Waals surface area (Å²) in [6.45, 7) is 6.34. The van der Waals surface area contributed by atoms with E-state index in [9.17, 15) is 4.79 Å². The number of hydrogen-bond acceptors (Lipinski definition) is 2. The van der Waals surface area contributed by atoms with Crippen LogP contribution in [0.5, 0.6) is 0 Å². The van der Waals surface area contributed by atoms with E-state index in [1.165, 1.54) is 5.56 Å². The molecule has 0 atom stereocenters. The van der Waals surface area contributed by atoms with Crippen LogP contribution < -0.4 is 5.32 Å². The van der Waals surface area contributed by atoms with Crippen molar-refractivity contribution in [2.75, 3.05) is 38.0 Å². The summed E-state index contributed by atoms with van der Waals surface area (Å²) in [5.41, 5.74) is 3.25. The number of benzene rings is 2. The number of carbonyl (C=O) groups is 1. The maximum absolute atomic E-state index is 12.4. The Morgan fingerprint density at radius 3 is 2.56 bits per heavy atom. The van der Waals surface area contributed by atoms with E-state index in [1.54, 1.807) is 0 Å². The van der Waals surface area contributed by atoms with Crippen molar-refractivity contribution in [3.63, 3.8) is 0 Å². The number of hydrogen-bond donors (Lipinski definition) is 1. The Morgan fingerprint density at radius 1 is 1.08 bits per heavy atom. The molecule has 0 saturated carbocycles. The summed E-state index contributed by atoms with van der Waals surface area (Å²) in [7, 11) is 0. The van der Waals surface area contributed by atoms with Gasteiger partial charge in [-0.05, 0) is 48.7 Å². The zero-order valence-electron chi connectivity index (χ0n) is 14.5. The predicted molar refractivity (Wildman–Crippen MR) is 103 cm³/mol. The molecular weight excluding hydrogens is 334 g/mol. The molecule has 25 heavy (non-hydrogen) atoms. The van der Waals surface area contributed by atoms with Crippen molar-refractivity contribution >= 4 is 23.3 Å². The molecule has 0 aliphatic carbocycles. The number of carbonyl (C=O) groups excluding carboxylic acids is 1. The first-order chi connectivity index (χ1) is 12.1. The van der Waals surface area contributed by atoms with Crippen LogP contribution in [0.3, 0.4) is 0 Å². The van der Waals surface area contributed by atoms with Crippen LogP contribution in [-0.4, -0.2) is 48.6 Å². The van der Waals surface area contributed by atoms with Gasteiger partial charge < -0.3 is 10.2 Å². The highest BCUT2D eigenvalue weighted by molar-refractivity contribution is 6.30. The highest BCUT2D eigenvalue weighted by Crippen LogP contribution is 2.13. The van der Waals surface area contributed by atoms with Gasteiger partial charge >= 0.3 is 6.03 Å². The summed E-state index contributed by atoms with van der Waals surface area (Å²) in [6.07, 6.45) is 0.982. The molecule has 1 saturated heterocycles. The predicted octanol–water partition coefficient (Wildman–Crippen LogP) is 4.04. The van der Waals surface area contributed by atoms with Crippen LogP contribution in [0.4, 0.5) is 10.5 Å². The Balaban J connectivity index is 1.44. The number of anilines is 1. The quantitative estimate of drug-likeness (QED) is 0.896. The second-order valence-electron chi connectivity index (χ2n) is 6.51. The van der Waals surface area contributed by atoms with Gasteiger partial charge in [-0.2, -0.15) is 0 Å². The number of nitrogens with one attached hydrogen (secondary N) is 1. The maximum atomic E-state index is 12.4. The molecule has 2 amide bonds. The molecular formula is C20H24ClN3O. The summed E-state index contributed by atoms with van der Waals surface area (Å²) in [6, 6.07) is 15.9. The molecule has 4 nitrogen and oxygen atoms in total. The largest absolute Gasteiger partial charge is 0.322 e. The van der Waals surface area contributed by atoms with Crippen LogP contribution in [0.15, 0.2) is 48.5 Å². The van der Waals surface area contributed by atoms with Crippen molar-refractivity contribution in [2.45, 2.75) is 13.3 Å². The van der Waals surface area contributed by atoms with E-state index in [4.69, 9.17) is 11.6 Å². The summed E-state index contributed by atoms with van der Waals surface area (Å²) < 4.78 is 0. The lowest BCUT2D eigenvalue weighted by molar-refractivity contribution is 0.148. The lowest BCUT2D eigenvalue weighted by Gasteiger charge is -2.34. The van der Waals surface area contributed by atoms with Crippen LogP contribution in [0.1, 0.15) is 11.1 Å². The monoisotopic (exact) mass is 357 g/mol. The minimum atomic E-state index is -0.0138. The zero-order valence-corrected chi connectivity index (χ0v) is 15.3. The van der Waals surface area contributed by atoms with Crippen molar-refractivity contribution in [3.8, 4) is 0 Å². The number of urea groups is 1. The average molecular weight is 358 g/mol. The molecule has 1 heterocycles. The van der Waals surface area contributed by atoms with Crippen molar-refractivity contribution in [2.24, 2.45) is 0 Å². The van der Waals surface area contributed by atoms with Crippen molar-refractivity contribution in [3.05, 3.63) is 64.7 Å². The van der Waals surface area contributed by atoms with E-state index in [2.05, 4.69) is 16.3 Å². The molecule has 0 spiro atoms. The standard InChI is InChI=1S/C20H24ClN3O/c1-16-4-2-7-19(14-16)22-20(25)24-12-10-23(11-13-24)9-8-17-5-3-6-18(21)15-17/h2-7,14-15H,8-13H2,1H3,(H,22,25). The van der Waals surface area contributed by atoms with Gasteiger partial charge in [-0.25, -0.2) is 4.79 Å². The fourth-order valence-corrected chi connectivity index (χ4v) is 3.29. The van der Waals surface area contributed by atoms with Gasteiger partial charge in [0.1, 0.15) is 0 Å². The van der Waals surface area contributed by atoms with Crippen LogP contribution >= 0.6 is 11.6 Å². The molecule has 132 valence electrons. The smallest absolute Gasteiger partial charge is 0.321 e. The number of nitrogens with zero attached hydrogens (tertiary/aromatic N) is 2. The Kier molecular flexibility index (Phi) is 5.95. The van der Waals surface area contributed by atoms with Crippen LogP contribution in [-0.2, 0) is 6.42 Å². The van der Waals surface area contributed by atoms with E-state index in [0.29, 0.717) is 0 Å². The molecule has 5 heteroatoms. The van der Waals surface area contributed by atoms with Gasteiger partial charge in [0.2, 0.25) is 0 Å². The van der Waals surface area contributed by atoms with Gasteiger partial charge in [0.05, 0.1) is 0 Å². The minimum absolute atomic E-state index is 0.0138. The van der Waals surface area contributed by atoms with E-state index in [0.717, 1.165) is 55.4 Å². The molecule has 0 unspecified atom stereocenters. The average Bonchev–Trinajstić information content (AvgIpc) is 2.60. The third-order valence-electron chi connectivity index (χ3n) is 4.53. The normalized spacial score (nSPS) is 15.2. The lowest BCUT2D eigenvalue weighted by atomic mass is 10.1. The van der Waals surface area contributed by atoms with Gasteiger partial charge in [-0.15, -0.1) is 0 Å². The summed E-state index contributed by atoms with van der Waals surface area (Å²) in [4.78, 5) is 16.7. The number of piperazine rings is 1. The molecule has 0 radical (unpaired) electrons. The van der Waals surface area contributed by atoms with Gasteiger partial charge in [0.25, 0.3) is 0 Å². The Labute approximate surface area is 154 Å². The molecule has 0 bridgehead atoms. The summed E-state index contributed by atoms with van der Waals surface area (Å²) in [5.74, 6) is 0. The molecule has 1 fully saturated rings. The second-order valence-corrected chi connectivity index (χ2v) is 6.94. The fourth-order valence-electron chi connectivity index (χ4n) is 3.08. The number of rotatable bonds is 4. The van der Waals surface area contributed by atoms with Crippen LogP contribution in [0, 0.1) is 6.92 Å². The zero-order chi connectivity index (χ0) is 17.6. The molecule has 1 aliphatic heterocycles. The fraction of sp³-hybridized carbons (Fsp3) is 0.350. The summed E-state index contributed by atoms with van der Waals surface area (Å²) >= 11 is 6.03.